The third kappa shape index (κ3) is 4.15. The van der Waals surface area contributed by atoms with E-state index in [0.29, 0.717) is 5.82 Å². The molecule has 136 valence electrons. The van der Waals surface area contributed by atoms with Crippen LogP contribution in [0.2, 0.25) is 0 Å². The Morgan fingerprint density at radius 2 is 1.77 bits per heavy atom. The second-order valence-corrected chi connectivity index (χ2v) is 6.10. The molecule has 1 unspecified atom stereocenters. The Morgan fingerprint density at radius 3 is 2.42 bits per heavy atom. The third-order valence-corrected chi connectivity index (χ3v) is 4.25. The number of nitrogens with one attached hydrogen (secondary N) is 1. The molecule has 2 aromatic carbocycles. The van der Waals surface area contributed by atoms with Crippen molar-refractivity contribution in [2.75, 3.05) is 13.6 Å². The molecule has 1 N–H and O–H groups in total. The van der Waals surface area contributed by atoms with Crippen molar-refractivity contribution in [2.45, 2.75) is 19.8 Å². The lowest BCUT2D eigenvalue weighted by Crippen LogP contribution is -3.04. The number of hydrogen-bond donors (Lipinski definition) is 1. The van der Waals surface area contributed by atoms with E-state index in [1.807, 2.05) is 24.3 Å². The van der Waals surface area contributed by atoms with Gasteiger partial charge in [0.25, 0.3) is 5.69 Å². The number of quaternary nitrogens is 1. The zero-order chi connectivity index (χ0) is 17.8. The summed E-state index contributed by atoms with van der Waals surface area (Å²) in [4.78, 5) is 21.1. The van der Waals surface area contributed by atoms with E-state index < -0.39 is 4.92 Å². The minimum atomic E-state index is -0.404. The first-order valence-electron chi connectivity index (χ1n) is 8.44. The van der Waals surface area contributed by atoms with Crippen molar-refractivity contribution in [3.63, 3.8) is 0 Å². The Hall–Kier alpha value is -2.57. The van der Waals surface area contributed by atoms with Crippen LogP contribution in [-0.4, -0.2) is 28.5 Å². The molecule has 0 amide bonds. The van der Waals surface area contributed by atoms with Crippen LogP contribution in [-0.2, 0) is 0 Å². The number of non-ortho nitro benzene ring substituents is 1. The number of fused-ring (bicyclic) bond motifs is 1. The van der Waals surface area contributed by atoms with Gasteiger partial charge in [-0.15, -0.1) is 0 Å². The summed E-state index contributed by atoms with van der Waals surface area (Å²) in [7, 11) is 2.12. The largest absolute Gasteiger partial charge is 1.00 e. The van der Waals surface area contributed by atoms with Gasteiger partial charge in [-0.25, -0.2) is 4.98 Å². The quantitative estimate of drug-likeness (QED) is 0.494. The molecule has 0 spiro atoms. The Morgan fingerprint density at radius 1 is 1.08 bits per heavy atom. The maximum absolute atomic E-state index is 10.8. The second-order valence-electron chi connectivity index (χ2n) is 6.10. The highest BCUT2D eigenvalue weighted by atomic mass is 35.5. The molecule has 0 fully saturated rings. The lowest BCUT2D eigenvalue weighted by atomic mass is 10.1. The number of nitro benzene ring substituents is 1. The SMILES string of the molecule is CCCC[NH+](C)c1nc(-c2ccc([N+](=O)[O-])cc2)nc2ccccc12.[Cl-]. The first-order valence-corrected chi connectivity index (χ1v) is 8.44. The Balaban J connectivity index is 0.00000243. The molecule has 3 rings (SSSR count). The van der Waals surface area contributed by atoms with E-state index >= 15 is 0 Å². The van der Waals surface area contributed by atoms with Crippen molar-refractivity contribution in [1.29, 1.82) is 0 Å². The smallest absolute Gasteiger partial charge is 0.269 e. The molecular formula is C19H21ClN4O2. The summed E-state index contributed by atoms with van der Waals surface area (Å²) in [6.45, 7) is 3.17. The first kappa shape index (κ1) is 19.8. The molecule has 0 aliphatic heterocycles. The van der Waals surface area contributed by atoms with Crippen LogP contribution < -0.4 is 17.3 Å². The van der Waals surface area contributed by atoms with Crippen LogP contribution in [0.4, 0.5) is 11.5 Å². The molecule has 0 aliphatic rings. The van der Waals surface area contributed by atoms with Crippen molar-refractivity contribution in [2.24, 2.45) is 0 Å². The van der Waals surface area contributed by atoms with Crippen molar-refractivity contribution >= 4 is 22.4 Å². The number of hydrogen-bond acceptors (Lipinski definition) is 4. The molecule has 1 aromatic heterocycles. The average Bonchev–Trinajstić information content (AvgIpc) is 2.65. The van der Waals surface area contributed by atoms with Gasteiger partial charge < -0.3 is 12.4 Å². The van der Waals surface area contributed by atoms with Gasteiger partial charge in [-0.3, -0.25) is 15.0 Å². The minimum Gasteiger partial charge on any atom is -1.00 e. The number of unbranched alkanes of at least 4 members (excludes halogenated alkanes) is 1. The molecule has 1 heterocycles. The van der Waals surface area contributed by atoms with Crippen molar-refractivity contribution < 1.29 is 22.2 Å². The lowest BCUT2D eigenvalue weighted by molar-refractivity contribution is -0.811. The van der Waals surface area contributed by atoms with Crippen LogP contribution >= 0.6 is 0 Å². The molecule has 3 aromatic rings. The number of para-hydroxylation sites is 1. The number of aromatic nitrogens is 2. The van der Waals surface area contributed by atoms with Crippen molar-refractivity contribution in [3.05, 3.63) is 58.6 Å². The molecule has 6 nitrogen and oxygen atoms in total. The number of nitro groups is 1. The van der Waals surface area contributed by atoms with E-state index in [1.165, 1.54) is 17.0 Å². The van der Waals surface area contributed by atoms with Gasteiger partial charge in [0.15, 0.2) is 5.82 Å². The van der Waals surface area contributed by atoms with Crippen LogP contribution in [0.1, 0.15) is 19.8 Å². The topological polar surface area (TPSA) is 73.4 Å². The van der Waals surface area contributed by atoms with E-state index in [2.05, 4.69) is 19.0 Å². The van der Waals surface area contributed by atoms with Gasteiger partial charge in [-0.2, -0.15) is 4.98 Å². The summed E-state index contributed by atoms with van der Waals surface area (Å²) >= 11 is 0. The number of rotatable bonds is 6. The van der Waals surface area contributed by atoms with Gasteiger partial charge in [0, 0.05) is 17.7 Å². The van der Waals surface area contributed by atoms with E-state index in [0.717, 1.165) is 41.7 Å². The maximum atomic E-state index is 10.8. The van der Waals surface area contributed by atoms with Crippen LogP contribution in [0.5, 0.6) is 0 Å². The second kappa shape index (κ2) is 8.69. The fourth-order valence-electron chi connectivity index (χ4n) is 2.82. The highest BCUT2D eigenvalue weighted by molar-refractivity contribution is 5.87. The van der Waals surface area contributed by atoms with E-state index in [-0.39, 0.29) is 18.1 Å². The fourth-order valence-corrected chi connectivity index (χ4v) is 2.82. The van der Waals surface area contributed by atoms with Gasteiger partial charge in [-0.1, -0.05) is 25.5 Å². The van der Waals surface area contributed by atoms with Gasteiger partial charge in [-0.05, 0) is 30.7 Å². The molecule has 0 bridgehead atoms. The van der Waals surface area contributed by atoms with Crippen LogP contribution in [0.25, 0.3) is 22.3 Å². The molecule has 26 heavy (non-hydrogen) atoms. The summed E-state index contributed by atoms with van der Waals surface area (Å²) in [5.74, 6) is 1.56. The monoisotopic (exact) mass is 372 g/mol. The fraction of sp³-hybridized carbons (Fsp3) is 0.263. The number of nitrogens with zero attached hydrogens (tertiary/aromatic N) is 3. The van der Waals surface area contributed by atoms with Crippen LogP contribution in [0.3, 0.4) is 0 Å². The predicted molar refractivity (Wildman–Crippen MR) is 98.0 cm³/mol. The molecular weight excluding hydrogens is 352 g/mol. The number of benzene rings is 2. The number of halogens is 1. The highest BCUT2D eigenvalue weighted by Gasteiger charge is 2.17. The van der Waals surface area contributed by atoms with Crippen molar-refractivity contribution in [1.82, 2.24) is 9.97 Å². The van der Waals surface area contributed by atoms with Gasteiger partial charge >= 0.3 is 0 Å². The highest BCUT2D eigenvalue weighted by Crippen LogP contribution is 2.24. The molecule has 0 saturated carbocycles. The Labute approximate surface area is 158 Å². The maximum Gasteiger partial charge on any atom is 0.269 e. The van der Waals surface area contributed by atoms with Gasteiger partial charge in [0.1, 0.15) is 0 Å². The predicted octanol–water partition coefficient (Wildman–Crippen LogP) is 0.155. The standard InChI is InChI=1S/C19H20N4O2.ClH/c1-3-4-13-22(2)19-16-7-5-6-8-17(16)20-18(21-19)14-9-11-15(12-10-14)23(24)25;/h5-12H,3-4,13H2,1-2H3;1H. The van der Waals surface area contributed by atoms with E-state index in [9.17, 15) is 10.1 Å². The third-order valence-electron chi connectivity index (χ3n) is 4.25. The molecule has 0 saturated heterocycles. The molecule has 1 atom stereocenters. The molecule has 0 aliphatic carbocycles. The van der Waals surface area contributed by atoms with Gasteiger partial charge in [0.05, 0.1) is 29.4 Å². The summed E-state index contributed by atoms with van der Waals surface area (Å²) < 4.78 is 0. The Kier molecular flexibility index (Phi) is 6.60. The normalized spacial score (nSPS) is 11.8. The van der Waals surface area contributed by atoms with Crippen LogP contribution in [0, 0.1) is 10.1 Å². The molecule has 0 radical (unpaired) electrons. The first-order chi connectivity index (χ1) is 12.1. The summed E-state index contributed by atoms with van der Waals surface area (Å²) in [6, 6.07) is 14.3. The van der Waals surface area contributed by atoms with E-state index in [1.54, 1.807) is 12.1 Å². The summed E-state index contributed by atoms with van der Waals surface area (Å²) in [5.41, 5.74) is 1.73. The zero-order valence-corrected chi connectivity index (χ0v) is 15.5. The molecule has 7 heteroatoms. The van der Waals surface area contributed by atoms with Crippen LogP contribution in [0.15, 0.2) is 48.5 Å². The van der Waals surface area contributed by atoms with Crippen molar-refractivity contribution in [3.8, 4) is 11.4 Å². The summed E-state index contributed by atoms with van der Waals surface area (Å²) in [6.07, 6.45) is 2.26. The zero-order valence-electron chi connectivity index (χ0n) is 14.8. The average molecular weight is 373 g/mol. The minimum absolute atomic E-state index is 0. The summed E-state index contributed by atoms with van der Waals surface area (Å²) in [5, 5.41) is 11.9. The Bertz CT molecular complexity index is 900. The van der Waals surface area contributed by atoms with Gasteiger partial charge in [0.2, 0.25) is 5.82 Å². The van der Waals surface area contributed by atoms with E-state index in [4.69, 9.17) is 4.98 Å². The lowest BCUT2D eigenvalue weighted by Gasteiger charge is -2.15.